The van der Waals surface area contributed by atoms with Crippen LogP contribution in [0.3, 0.4) is 0 Å². The van der Waals surface area contributed by atoms with Crippen LogP contribution in [-0.4, -0.2) is 74.8 Å². The van der Waals surface area contributed by atoms with Gasteiger partial charge in [-0.1, -0.05) is 5.16 Å². The summed E-state index contributed by atoms with van der Waals surface area (Å²) in [7, 11) is 0. The van der Waals surface area contributed by atoms with Crippen molar-refractivity contribution in [3.05, 3.63) is 56.4 Å². The number of ether oxygens (including phenoxy) is 1. The van der Waals surface area contributed by atoms with Crippen molar-refractivity contribution in [2.75, 3.05) is 58.0 Å². The minimum absolute atomic E-state index is 0.165. The predicted molar refractivity (Wildman–Crippen MR) is 130 cm³/mol. The van der Waals surface area contributed by atoms with Gasteiger partial charge in [-0.3, -0.25) is 14.5 Å². The highest BCUT2D eigenvalue weighted by atomic mass is 127. The maximum atomic E-state index is 15.0. The van der Waals surface area contributed by atoms with Crippen LogP contribution in [0.2, 0.25) is 0 Å². The van der Waals surface area contributed by atoms with E-state index in [4.69, 9.17) is 19.5 Å². The van der Waals surface area contributed by atoms with Crippen molar-refractivity contribution in [1.82, 2.24) is 10.4 Å². The molecule has 35 heavy (non-hydrogen) atoms. The number of aliphatic hydroxyl groups excluding tert-OH is 1. The van der Waals surface area contributed by atoms with Crippen LogP contribution in [0.15, 0.2) is 29.4 Å². The molecule has 0 unspecified atom stereocenters. The number of aliphatic hydroxyl groups is 1. The number of morpholine rings is 1. The molecule has 1 heterocycles. The number of nitrogens with one attached hydrogen (secondary N) is 2. The van der Waals surface area contributed by atoms with Crippen LogP contribution in [0.5, 0.6) is 0 Å². The van der Waals surface area contributed by atoms with E-state index >= 15 is 4.39 Å². The Kier molecular flexibility index (Phi) is 10.5. The zero-order valence-corrected chi connectivity index (χ0v) is 20.7. The van der Waals surface area contributed by atoms with Crippen LogP contribution in [0, 0.1) is 21.0 Å². The van der Waals surface area contributed by atoms with E-state index < -0.39 is 29.0 Å². The Balaban J connectivity index is 1.81. The number of hydrogen-bond donors (Lipinski definition) is 3. The maximum Gasteiger partial charge on any atom is 0.277 e. The lowest BCUT2D eigenvalue weighted by atomic mass is 10.1. The minimum atomic E-state index is -1.42. The van der Waals surface area contributed by atoms with Crippen molar-refractivity contribution in [2.45, 2.75) is 0 Å². The number of amides is 1. The molecule has 13 heteroatoms. The van der Waals surface area contributed by atoms with Crippen LogP contribution in [-0.2, 0) is 14.4 Å². The number of benzene rings is 2. The molecule has 1 fully saturated rings. The first kappa shape index (κ1) is 27.1. The highest BCUT2D eigenvalue weighted by Gasteiger charge is 2.23. The van der Waals surface area contributed by atoms with Gasteiger partial charge in [-0.05, 0) is 46.9 Å². The molecule has 0 radical (unpaired) electrons. The summed E-state index contributed by atoms with van der Waals surface area (Å²) in [5, 5.41) is 14.9. The van der Waals surface area contributed by atoms with E-state index in [-0.39, 0.29) is 36.6 Å². The number of nitrogens with zero attached hydrogens (tertiary/aromatic N) is 2. The van der Waals surface area contributed by atoms with Crippen molar-refractivity contribution in [2.24, 2.45) is 5.16 Å². The Hall–Kier alpha value is -2.46. The first-order chi connectivity index (χ1) is 16.9. The van der Waals surface area contributed by atoms with E-state index in [1.807, 2.05) is 28.1 Å². The average Bonchev–Trinajstić information content (AvgIpc) is 2.85. The van der Waals surface area contributed by atoms with Gasteiger partial charge >= 0.3 is 0 Å². The summed E-state index contributed by atoms with van der Waals surface area (Å²) >= 11 is 1.90. The van der Waals surface area contributed by atoms with Gasteiger partial charge in [0.15, 0.2) is 11.6 Å². The number of hydroxylamine groups is 1. The van der Waals surface area contributed by atoms with Crippen molar-refractivity contribution in [3.63, 3.8) is 0 Å². The maximum absolute atomic E-state index is 15.0. The normalized spacial score (nSPS) is 14.3. The van der Waals surface area contributed by atoms with Gasteiger partial charge in [-0.2, -0.15) is 0 Å². The Morgan fingerprint density at radius 2 is 1.97 bits per heavy atom. The molecule has 3 rings (SSSR count). The van der Waals surface area contributed by atoms with Crippen molar-refractivity contribution in [1.29, 1.82) is 0 Å². The van der Waals surface area contributed by atoms with Crippen LogP contribution in [0.25, 0.3) is 0 Å². The Bertz CT molecular complexity index is 1050. The summed E-state index contributed by atoms with van der Waals surface area (Å²) in [6.45, 7) is 2.98. The standard InChI is InChI=1S/C22H24F3IN4O5/c23-17-12-15(26)1-2-18(17)28-21-16(22(32)29-35-10-6-31)11-14(19(24)20(21)25)13-27-34-9-5-30-3-7-33-8-4-30/h1-2,11-13,28,31H,3-10H2,(H,29,32)/b27-13+. The number of anilines is 2. The lowest BCUT2D eigenvalue weighted by Crippen LogP contribution is -2.38. The van der Waals surface area contributed by atoms with Crippen molar-refractivity contribution in [3.8, 4) is 0 Å². The summed E-state index contributed by atoms with van der Waals surface area (Å²) in [6, 6.07) is 5.10. The van der Waals surface area contributed by atoms with Gasteiger partial charge in [0.25, 0.3) is 5.91 Å². The van der Waals surface area contributed by atoms with E-state index in [1.165, 1.54) is 12.1 Å². The zero-order valence-electron chi connectivity index (χ0n) is 18.5. The van der Waals surface area contributed by atoms with E-state index in [9.17, 15) is 13.6 Å². The molecular weight excluding hydrogens is 584 g/mol. The fourth-order valence-corrected chi connectivity index (χ4v) is 3.58. The number of halogens is 4. The van der Waals surface area contributed by atoms with Crippen molar-refractivity contribution >= 4 is 46.1 Å². The largest absolute Gasteiger partial charge is 0.394 e. The second kappa shape index (κ2) is 13.6. The quantitative estimate of drug-likeness (QED) is 0.156. The van der Waals surface area contributed by atoms with Gasteiger partial charge in [-0.25, -0.2) is 18.7 Å². The lowest BCUT2D eigenvalue weighted by Gasteiger charge is -2.25. The van der Waals surface area contributed by atoms with E-state index in [1.54, 1.807) is 6.07 Å². The molecular formula is C22H24F3IN4O5. The van der Waals surface area contributed by atoms with Crippen LogP contribution in [0.1, 0.15) is 15.9 Å². The third kappa shape index (κ3) is 7.76. The number of hydrogen-bond acceptors (Lipinski definition) is 8. The SMILES string of the molecule is O=C(NOCCO)c1cc(/C=N/OCCN2CCOCC2)c(F)c(F)c1Nc1ccc(I)cc1F. The van der Waals surface area contributed by atoms with E-state index in [0.717, 1.165) is 25.4 Å². The first-order valence-electron chi connectivity index (χ1n) is 10.6. The third-order valence-electron chi connectivity index (χ3n) is 4.90. The smallest absolute Gasteiger partial charge is 0.277 e. The van der Waals surface area contributed by atoms with Gasteiger partial charge in [0.1, 0.15) is 12.4 Å². The molecule has 1 aliphatic rings. The summed E-state index contributed by atoms with van der Waals surface area (Å²) < 4.78 is 50.0. The first-order valence-corrected chi connectivity index (χ1v) is 11.7. The number of oxime groups is 1. The van der Waals surface area contributed by atoms with Gasteiger partial charge in [-0.15, -0.1) is 0 Å². The molecule has 0 aliphatic carbocycles. The van der Waals surface area contributed by atoms with E-state index in [0.29, 0.717) is 23.3 Å². The van der Waals surface area contributed by atoms with Gasteiger partial charge < -0.3 is 20.0 Å². The topological polar surface area (TPSA) is 105 Å². The molecule has 0 aromatic heterocycles. The second-order valence-corrected chi connectivity index (χ2v) is 8.54. The molecule has 2 aromatic rings. The van der Waals surface area contributed by atoms with Gasteiger partial charge in [0.05, 0.1) is 49.6 Å². The fraction of sp³-hybridized carbons (Fsp3) is 0.364. The van der Waals surface area contributed by atoms with E-state index in [2.05, 4.69) is 15.4 Å². The molecule has 0 atom stereocenters. The Morgan fingerprint density at radius 1 is 1.20 bits per heavy atom. The highest BCUT2D eigenvalue weighted by Crippen LogP contribution is 2.30. The number of carbonyl (C=O) groups excluding carboxylic acids is 1. The number of rotatable bonds is 11. The average molecular weight is 608 g/mol. The highest BCUT2D eigenvalue weighted by molar-refractivity contribution is 14.1. The Morgan fingerprint density at radius 3 is 2.69 bits per heavy atom. The molecule has 0 bridgehead atoms. The molecule has 1 amide bonds. The molecule has 3 N–H and O–H groups in total. The summed E-state index contributed by atoms with van der Waals surface area (Å²) in [6.07, 6.45) is 0.943. The minimum Gasteiger partial charge on any atom is -0.394 e. The Labute approximate surface area is 213 Å². The van der Waals surface area contributed by atoms with Gasteiger partial charge in [0.2, 0.25) is 0 Å². The summed E-state index contributed by atoms with van der Waals surface area (Å²) in [5.41, 5.74) is 0.512. The third-order valence-corrected chi connectivity index (χ3v) is 5.57. The summed E-state index contributed by atoms with van der Waals surface area (Å²) in [4.78, 5) is 24.6. The molecule has 1 aliphatic heterocycles. The second-order valence-electron chi connectivity index (χ2n) is 7.29. The van der Waals surface area contributed by atoms with Crippen LogP contribution in [0.4, 0.5) is 24.5 Å². The zero-order chi connectivity index (χ0) is 25.2. The molecule has 9 nitrogen and oxygen atoms in total. The van der Waals surface area contributed by atoms with Crippen LogP contribution >= 0.6 is 22.6 Å². The molecule has 2 aromatic carbocycles. The molecule has 0 saturated carbocycles. The molecule has 190 valence electrons. The molecule has 0 spiro atoms. The van der Waals surface area contributed by atoms with Crippen molar-refractivity contribution < 1.29 is 37.5 Å². The van der Waals surface area contributed by atoms with Gasteiger partial charge in [0, 0.05) is 28.8 Å². The lowest BCUT2D eigenvalue weighted by molar-refractivity contribution is 0.0168. The monoisotopic (exact) mass is 608 g/mol. The predicted octanol–water partition coefficient (Wildman–Crippen LogP) is 2.79. The van der Waals surface area contributed by atoms with Crippen LogP contribution < -0.4 is 10.8 Å². The molecule has 1 saturated heterocycles. The summed E-state index contributed by atoms with van der Waals surface area (Å²) in [5.74, 6) is -4.41. The fourth-order valence-electron chi connectivity index (χ4n) is 3.13. The number of carbonyl (C=O) groups is 1.